The number of ether oxygens (including phenoxy) is 11. The van der Waals surface area contributed by atoms with Gasteiger partial charge >= 0.3 is 35.8 Å². The summed E-state index contributed by atoms with van der Waals surface area (Å²) in [4.78, 5) is 74.2. The number of hydrogen-bond donors (Lipinski definition) is 0. The normalized spacial score (nSPS) is 32.8. The highest BCUT2D eigenvalue weighted by Crippen LogP contribution is 2.41. The number of hydrogen-bond acceptors (Lipinski definition) is 17. The highest BCUT2D eigenvalue weighted by Gasteiger charge is 2.64. The Kier molecular flexibility index (Phi) is 12.0. The van der Waals surface area contributed by atoms with Crippen LogP contribution in [0.25, 0.3) is 0 Å². The summed E-state index contributed by atoms with van der Waals surface area (Å²) in [6.07, 6.45) is -13.2. The van der Waals surface area contributed by atoms with Crippen molar-refractivity contribution in [3.05, 3.63) is 30.3 Å². The van der Waals surface area contributed by atoms with Gasteiger partial charge in [-0.1, -0.05) is 18.2 Å². The zero-order chi connectivity index (χ0) is 35.2. The molecule has 17 heteroatoms. The Bertz CT molecular complexity index is 1350. The van der Waals surface area contributed by atoms with E-state index in [0.717, 1.165) is 41.5 Å². The molecule has 2 unspecified atom stereocenters. The molecule has 4 aliphatic rings. The number of carbonyl (C=O) groups is 6. The summed E-state index contributed by atoms with van der Waals surface area (Å²) in [6, 6.07) is 8.37. The summed E-state index contributed by atoms with van der Waals surface area (Å²) in [5.74, 6) is -4.59. The zero-order valence-corrected chi connectivity index (χ0v) is 27.1. The first kappa shape index (κ1) is 36.5. The molecule has 1 aromatic carbocycles. The Morgan fingerprint density at radius 3 is 1.90 bits per heavy atom. The number of fused-ring (bicyclic) bond motifs is 4. The molecular weight excluding hydrogens is 644 g/mol. The number of rotatable bonds is 9. The number of carbonyl (C=O) groups excluding carboxylic acids is 6. The third-order valence-electron chi connectivity index (χ3n) is 7.38. The molecule has 1 aromatic rings. The predicted molar refractivity (Wildman–Crippen MR) is 153 cm³/mol. The van der Waals surface area contributed by atoms with Gasteiger partial charge in [0.25, 0.3) is 0 Å². The molecule has 4 heterocycles. The van der Waals surface area contributed by atoms with Gasteiger partial charge in [0.05, 0.1) is 13.2 Å². The lowest BCUT2D eigenvalue weighted by atomic mass is 9.83. The van der Waals surface area contributed by atoms with Crippen LogP contribution in [-0.2, 0) is 76.1 Å². The quantitative estimate of drug-likeness (QED) is 0.257. The van der Waals surface area contributed by atoms with Gasteiger partial charge < -0.3 is 52.1 Å². The molecule has 5 rings (SSSR count). The standard InChI is InChI=1S/C31H38O17/c1-15(32)38-13-23-31(48-20(6)37)14-40-29(27(43-18(4)35)28(31)44-19(5)36)47-24-22(12-39-23)46-30(45-21-10-8-7-9-11-21)26(42-17(3)34)25(24)41-16(2)33/h7-11,22-30H,12-14H2,1-6H3/t22-,23-,24?,25+,26-,27-,28-,29+,30?,31+/m1/s1. The number of esters is 6. The van der Waals surface area contributed by atoms with E-state index in [2.05, 4.69) is 0 Å². The van der Waals surface area contributed by atoms with Crippen LogP contribution in [0.5, 0.6) is 5.75 Å². The highest BCUT2D eigenvalue weighted by molar-refractivity contribution is 5.69. The molecule has 0 saturated carbocycles. The fourth-order valence-corrected chi connectivity index (χ4v) is 5.72. The molecule has 4 aliphatic heterocycles. The average molecular weight is 683 g/mol. The van der Waals surface area contributed by atoms with Gasteiger partial charge in [0, 0.05) is 41.5 Å². The number of para-hydroxylation sites is 1. The maximum Gasteiger partial charge on any atom is 0.303 e. The monoisotopic (exact) mass is 682 g/mol. The van der Waals surface area contributed by atoms with Gasteiger partial charge in [0.2, 0.25) is 18.0 Å². The fraction of sp³-hybridized carbons (Fsp3) is 0.613. The summed E-state index contributed by atoms with van der Waals surface area (Å²) in [7, 11) is 0. The lowest BCUT2D eigenvalue weighted by molar-refractivity contribution is -0.374. The molecular formula is C31H38O17. The molecule has 4 fully saturated rings. The van der Waals surface area contributed by atoms with Gasteiger partial charge in [-0.15, -0.1) is 0 Å². The predicted octanol–water partition coefficient (Wildman–Crippen LogP) is 0.522. The first-order valence-electron chi connectivity index (χ1n) is 15.0. The molecule has 0 aliphatic carbocycles. The van der Waals surface area contributed by atoms with Crippen LogP contribution < -0.4 is 4.74 Å². The van der Waals surface area contributed by atoms with Crippen molar-refractivity contribution < 1.29 is 80.9 Å². The van der Waals surface area contributed by atoms with Crippen LogP contribution in [-0.4, -0.2) is 117 Å². The Balaban J connectivity index is 1.87. The minimum atomic E-state index is -2.07. The summed E-state index contributed by atoms with van der Waals surface area (Å²) in [5, 5.41) is 0. The van der Waals surface area contributed by atoms with Crippen molar-refractivity contribution in [2.75, 3.05) is 19.8 Å². The van der Waals surface area contributed by atoms with Gasteiger partial charge in [0.15, 0.2) is 24.6 Å². The van der Waals surface area contributed by atoms with Crippen molar-refractivity contribution in [1.82, 2.24) is 0 Å². The van der Waals surface area contributed by atoms with E-state index in [0.29, 0.717) is 5.75 Å². The molecule has 0 radical (unpaired) electrons. The van der Waals surface area contributed by atoms with Crippen molar-refractivity contribution in [1.29, 1.82) is 0 Å². The third-order valence-corrected chi connectivity index (χ3v) is 7.38. The molecule has 17 nitrogen and oxygen atoms in total. The molecule has 0 amide bonds. The van der Waals surface area contributed by atoms with Crippen molar-refractivity contribution in [2.45, 2.75) is 102 Å². The second kappa shape index (κ2) is 15.7. The fourth-order valence-electron chi connectivity index (χ4n) is 5.72. The molecule has 0 spiro atoms. The van der Waals surface area contributed by atoms with E-state index >= 15 is 0 Å². The van der Waals surface area contributed by atoms with Crippen molar-refractivity contribution in [3.8, 4) is 5.75 Å². The largest absolute Gasteiger partial charge is 0.463 e. The minimum absolute atomic E-state index is 0.310. The first-order valence-corrected chi connectivity index (χ1v) is 15.0. The van der Waals surface area contributed by atoms with Crippen LogP contribution in [0.2, 0.25) is 0 Å². The Morgan fingerprint density at radius 2 is 1.31 bits per heavy atom. The summed E-state index contributed by atoms with van der Waals surface area (Å²) in [6.45, 7) is 5.03. The third kappa shape index (κ3) is 8.77. The van der Waals surface area contributed by atoms with Gasteiger partial charge in [-0.05, 0) is 12.1 Å². The Labute approximate surface area is 275 Å². The Morgan fingerprint density at radius 1 is 0.708 bits per heavy atom. The van der Waals surface area contributed by atoms with E-state index in [-0.39, 0.29) is 0 Å². The molecule has 2 bridgehead atoms. The van der Waals surface area contributed by atoms with Crippen LogP contribution in [0.15, 0.2) is 30.3 Å². The maximum absolute atomic E-state index is 12.6. The lowest BCUT2D eigenvalue weighted by Crippen LogP contribution is -2.73. The summed E-state index contributed by atoms with van der Waals surface area (Å²) in [5.41, 5.74) is -2.07. The summed E-state index contributed by atoms with van der Waals surface area (Å²) < 4.78 is 64.2. The topological polar surface area (TPSA) is 204 Å². The smallest absolute Gasteiger partial charge is 0.303 e. The van der Waals surface area contributed by atoms with E-state index in [1.165, 1.54) is 0 Å². The van der Waals surface area contributed by atoms with Gasteiger partial charge in [0.1, 0.15) is 30.7 Å². The van der Waals surface area contributed by atoms with E-state index in [1.807, 2.05) is 0 Å². The van der Waals surface area contributed by atoms with Gasteiger partial charge in [-0.2, -0.15) is 0 Å². The van der Waals surface area contributed by atoms with Gasteiger partial charge in [-0.3, -0.25) is 28.8 Å². The second-order valence-corrected chi connectivity index (χ2v) is 11.2. The van der Waals surface area contributed by atoms with Crippen molar-refractivity contribution >= 4 is 35.8 Å². The van der Waals surface area contributed by atoms with Crippen LogP contribution in [0.3, 0.4) is 0 Å². The first-order chi connectivity index (χ1) is 22.7. The van der Waals surface area contributed by atoms with Gasteiger partial charge in [-0.25, -0.2) is 0 Å². The van der Waals surface area contributed by atoms with E-state index in [9.17, 15) is 28.8 Å². The highest BCUT2D eigenvalue weighted by atomic mass is 16.8. The zero-order valence-electron chi connectivity index (χ0n) is 27.1. The molecule has 4 saturated heterocycles. The lowest BCUT2D eigenvalue weighted by Gasteiger charge is -2.53. The number of benzene rings is 1. The van der Waals surface area contributed by atoms with E-state index in [1.54, 1.807) is 30.3 Å². The molecule has 10 atom stereocenters. The molecule has 264 valence electrons. The van der Waals surface area contributed by atoms with Crippen LogP contribution in [0.4, 0.5) is 0 Å². The van der Waals surface area contributed by atoms with E-state index in [4.69, 9.17) is 52.1 Å². The van der Waals surface area contributed by atoms with Crippen LogP contribution in [0, 0.1) is 0 Å². The maximum atomic E-state index is 12.6. The van der Waals surface area contributed by atoms with Crippen molar-refractivity contribution in [2.24, 2.45) is 0 Å². The van der Waals surface area contributed by atoms with Crippen molar-refractivity contribution in [3.63, 3.8) is 0 Å². The Hall–Kier alpha value is -4.32. The van der Waals surface area contributed by atoms with Crippen LogP contribution in [0.1, 0.15) is 41.5 Å². The summed E-state index contributed by atoms with van der Waals surface area (Å²) >= 11 is 0. The molecule has 0 aromatic heterocycles. The molecule has 0 N–H and O–H groups in total. The minimum Gasteiger partial charge on any atom is -0.463 e. The average Bonchev–Trinajstić information content (AvgIpc) is 2.98. The van der Waals surface area contributed by atoms with E-state index < -0.39 is 117 Å². The second-order valence-electron chi connectivity index (χ2n) is 11.2. The molecule has 48 heavy (non-hydrogen) atoms. The SMILES string of the molecule is CC(=O)OC[C@H]1OC[C@H]2OC(Oc3ccccc3)[C@H](OC(C)=O)[C@@H](OC(C)=O)C2O[C@@H]2OC[C@@]1(OC(C)=O)[C@H](OC(C)=O)[C@H]2OC(C)=O. The van der Waals surface area contributed by atoms with Crippen LogP contribution >= 0.6 is 0 Å².